The van der Waals surface area contributed by atoms with E-state index in [1.54, 1.807) is 0 Å². The number of hydrogen-bond donors (Lipinski definition) is 2. The number of benzene rings is 3. The van der Waals surface area contributed by atoms with E-state index in [0.29, 0.717) is 12.1 Å². The number of amides is 1. The molecule has 2 N–H and O–H groups in total. The van der Waals surface area contributed by atoms with Crippen LogP contribution in [0.4, 0.5) is 0 Å². The Morgan fingerprint density at radius 2 is 1.77 bits per heavy atom. The van der Waals surface area contributed by atoms with Gasteiger partial charge in [0.05, 0.1) is 0 Å². The van der Waals surface area contributed by atoms with Crippen molar-refractivity contribution in [2.24, 2.45) is 0 Å². The smallest absolute Gasteiger partial charge is 0.247 e. The fourth-order valence-corrected chi connectivity index (χ4v) is 3.74. The Bertz CT molecular complexity index is 1230. The summed E-state index contributed by atoms with van der Waals surface area (Å²) in [5.41, 5.74) is 8.79. The number of aryl methyl sites for hydroxylation is 2. The van der Waals surface area contributed by atoms with E-state index in [4.69, 9.17) is 0 Å². The molecule has 0 aliphatic rings. The van der Waals surface area contributed by atoms with Crippen LogP contribution in [0, 0.1) is 13.8 Å². The van der Waals surface area contributed by atoms with Gasteiger partial charge in [0.1, 0.15) is 0 Å². The van der Waals surface area contributed by atoms with Gasteiger partial charge in [-0.1, -0.05) is 48.5 Å². The van der Waals surface area contributed by atoms with E-state index in [0.717, 1.165) is 22.2 Å². The van der Waals surface area contributed by atoms with Crippen molar-refractivity contribution in [3.8, 4) is 11.1 Å². The quantitative estimate of drug-likeness (QED) is 0.391. The Kier molecular flexibility index (Phi) is 5.53. The van der Waals surface area contributed by atoms with Gasteiger partial charge in [-0.15, -0.1) is 0 Å². The standard InChI is InChI=1S/C27H26N2O/c1-18-15-25(22-9-10-26-23(16-22)11-12-28-26)19(2)13-24(18)14-20(3)27(30)29-17-21-7-5-4-6-8-21/h4-16,28H,17H2,1-3H3,(H,29,30). The number of carbonyl (C=O) groups is 1. The fourth-order valence-electron chi connectivity index (χ4n) is 3.74. The van der Waals surface area contributed by atoms with E-state index in [2.05, 4.69) is 60.5 Å². The van der Waals surface area contributed by atoms with Gasteiger partial charge in [0, 0.05) is 23.8 Å². The Morgan fingerprint density at radius 3 is 2.57 bits per heavy atom. The number of H-pyrrole nitrogens is 1. The average Bonchev–Trinajstić information content (AvgIpc) is 3.23. The van der Waals surface area contributed by atoms with Gasteiger partial charge in [-0.2, -0.15) is 0 Å². The number of hydrogen-bond acceptors (Lipinski definition) is 1. The fraction of sp³-hybridized carbons (Fsp3) is 0.148. The van der Waals surface area contributed by atoms with Gasteiger partial charge in [-0.3, -0.25) is 4.79 Å². The molecule has 4 rings (SSSR count). The van der Waals surface area contributed by atoms with Crippen LogP contribution in [-0.4, -0.2) is 10.9 Å². The molecule has 150 valence electrons. The Hall–Kier alpha value is -3.59. The summed E-state index contributed by atoms with van der Waals surface area (Å²) < 4.78 is 0. The van der Waals surface area contributed by atoms with Gasteiger partial charge in [0.2, 0.25) is 5.91 Å². The van der Waals surface area contributed by atoms with Crippen molar-refractivity contribution in [1.29, 1.82) is 0 Å². The topological polar surface area (TPSA) is 44.9 Å². The number of carbonyl (C=O) groups excluding carboxylic acids is 1. The van der Waals surface area contributed by atoms with E-state index in [1.807, 2.05) is 49.5 Å². The van der Waals surface area contributed by atoms with Gasteiger partial charge in [-0.25, -0.2) is 0 Å². The molecule has 0 atom stereocenters. The lowest BCUT2D eigenvalue weighted by molar-refractivity contribution is -0.117. The summed E-state index contributed by atoms with van der Waals surface area (Å²) in [4.78, 5) is 15.8. The average molecular weight is 395 g/mol. The molecule has 0 saturated carbocycles. The second-order valence-electron chi connectivity index (χ2n) is 7.80. The van der Waals surface area contributed by atoms with E-state index in [-0.39, 0.29) is 5.91 Å². The number of fused-ring (bicyclic) bond motifs is 1. The van der Waals surface area contributed by atoms with Crippen LogP contribution >= 0.6 is 0 Å². The van der Waals surface area contributed by atoms with E-state index in [9.17, 15) is 4.79 Å². The van der Waals surface area contributed by atoms with Crippen molar-refractivity contribution < 1.29 is 4.79 Å². The monoisotopic (exact) mass is 394 g/mol. The van der Waals surface area contributed by atoms with Crippen molar-refractivity contribution in [1.82, 2.24) is 10.3 Å². The molecule has 4 aromatic rings. The highest BCUT2D eigenvalue weighted by atomic mass is 16.1. The van der Waals surface area contributed by atoms with Gasteiger partial charge < -0.3 is 10.3 Å². The first-order chi connectivity index (χ1) is 14.5. The summed E-state index contributed by atoms with van der Waals surface area (Å²) in [5, 5.41) is 4.20. The summed E-state index contributed by atoms with van der Waals surface area (Å²) in [5.74, 6) is -0.0436. The van der Waals surface area contributed by atoms with Crippen LogP contribution in [0.2, 0.25) is 0 Å². The first kappa shape index (κ1) is 19.7. The summed E-state index contributed by atoms with van der Waals surface area (Å²) in [7, 11) is 0. The first-order valence-electron chi connectivity index (χ1n) is 10.2. The van der Waals surface area contributed by atoms with Gasteiger partial charge >= 0.3 is 0 Å². The molecule has 0 fully saturated rings. The molecule has 1 heterocycles. The predicted molar refractivity (Wildman–Crippen MR) is 125 cm³/mol. The summed E-state index contributed by atoms with van der Waals surface area (Å²) in [6.07, 6.45) is 3.94. The molecule has 0 saturated heterocycles. The summed E-state index contributed by atoms with van der Waals surface area (Å²) in [6, 6.07) is 22.9. The molecule has 0 aliphatic carbocycles. The van der Waals surface area contributed by atoms with Crippen molar-refractivity contribution in [2.75, 3.05) is 0 Å². The van der Waals surface area contributed by atoms with Crippen molar-refractivity contribution in [3.63, 3.8) is 0 Å². The highest BCUT2D eigenvalue weighted by molar-refractivity contribution is 5.97. The zero-order valence-corrected chi connectivity index (χ0v) is 17.6. The number of nitrogens with one attached hydrogen (secondary N) is 2. The molecule has 3 aromatic carbocycles. The third kappa shape index (κ3) is 4.20. The van der Waals surface area contributed by atoms with Crippen LogP contribution in [0.5, 0.6) is 0 Å². The minimum atomic E-state index is -0.0436. The van der Waals surface area contributed by atoms with E-state index in [1.165, 1.54) is 22.1 Å². The molecule has 0 aliphatic heterocycles. The number of rotatable bonds is 5. The molecular weight excluding hydrogens is 368 g/mol. The Balaban J connectivity index is 1.55. The van der Waals surface area contributed by atoms with Crippen LogP contribution in [0.3, 0.4) is 0 Å². The van der Waals surface area contributed by atoms with Crippen LogP contribution in [-0.2, 0) is 11.3 Å². The van der Waals surface area contributed by atoms with E-state index < -0.39 is 0 Å². The summed E-state index contributed by atoms with van der Waals surface area (Å²) >= 11 is 0. The molecule has 0 spiro atoms. The van der Waals surface area contributed by atoms with Crippen LogP contribution < -0.4 is 5.32 Å². The molecule has 0 radical (unpaired) electrons. The molecule has 3 heteroatoms. The largest absolute Gasteiger partial charge is 0.361 e. The molecule has 3 nitrogen and oxygen atoms in total. The predicted octanol–water partition coefficient (Wildman–Crippen LogP) is 6.17. The minimum Gasteiger partial charge on any atom is -0.361 e. The number of aromatic amines is 1. The Morgan fingerprint density at radius 1 is 0.967 bits per heavy atom. The van der Waals surface area contributed by atoms with Crippen LogP contribution in [0.25, 0.3) is 28.1 Å². The van der Waals surface area contributed by atoms with Crippen molar-refractivity contribution in [2.45, 2.75) is 27.3 Å². The third-order valence-electron chi connectivity index (χ3n) is 5.50. The molecule has 1 aromatic heterocycles. The van der Waals surface area contributed by atoms with Gasteiger partial charge in [-0.05, 0) is 83.8 Å². The second kappa shape index (κ2) is 8.42. The summed E-state index contributed by atoms with van der Waals surface area (Å²) in [6.45, 7) is 6.61. The zero-order valence-electron chi connectivity index (χ0n) is 17.6. The lowest BCUT2D eigenvalue weighted by atomic mass is 9.93. The van der Waals surface area contributed by atoms with Crippen LogP contribution in [0.15, 0.2) is 78.5 Å². The highest BCUT2D eigenvalue weighted by Crippen LogP contribution is 2.30. The van der Waals surface area contributed by atoms with Crippen LogP contribution in [0.1, 0.15) is 29.2 Å². The number of aromatic nitrogens is 1. The SMILES string of the molecule is CC(=Cc1cc(C)c(-c2ccc3[nH]ccc3c2)cc1C)C(=O)NCc1ccccc1. The maximum absolute atomic E-state index is 12.5. The molecule has 0 unspecified atom stereocenters. The minimum absolute atomic E-state index is 0.0436. The second-order valence-corrected chi connectivity index (χ2v) is 7.80. The van der Waals surface area contributed by atoms with E-state index >= 15 is 0 Å². The third-order valence-corrected chi connectivity index (χ3v) is 5.50. The van der Waals surface area contributed by atoms with Gasteiger partial charge in [0.25, 0.3) is 0 Å². The maximum Gasteiger partial charge on any atom is 0.247 e. The lowest BCUT2D eigenvalue weighted by Gasteiger charge is -2.12. The lowest BCUT2D eigenvalue weighted by Crippen LogP contribution is -2.23. The normalized spacial score (nSPS) is 11.6. The highest BCUT2D eigenvalue weighted by Gasteiger charge is 2.09. The first-order valence-corrected chi connectivity index (χ1v) is 10.2. The van der Waals surface area contributed by atoms with Crippen molar-refractivity contribution >= 4 is 22.9 Å². The molecule has 30 heavy (non-hydrogen) atoms. The van der Waals surface area contributed by atoms with Crippen molar-refractivity contribution in [3.05, 3.63) is 101 Å². The van der Waals surface area contributed by atoms with Gasteiger partial charge in [0.15, 0.2) is 0 Å². The maximum atomic E-state index is 12.5. The molecule has 0 bridgehead atoms. The molecular formula is C27H26N2O. The zero-order chi connectivity index (χ0) is 21.1. The Labute approximate surface area is 177 Å². The molecule has 1 amide bonds.